The van der Waals surface area contributed by atoms with Gasteiger partial charge in [0.25, 0.3) is 0 Å². The second-order valence-corrected chi connectivity index (χ2v) is 4.36. The summed E-state index contributed by atoms with van der Waals surface area (Å²) in [7, 11) is 1.62. The van der Waals surface area contributed by atoms with Gasteiger partial charge in [0.1, 0.15) is 5.75 Å². The molecule has 18 heavy (non-hydrogen) atoms. The van der Waals surface area contributed by atoms with Crippen LogP contribution in [0.25, 0.3) is 21.5 Å². The number of benzene rings is 3. The van der Waals surface area contributed by atoms with E-state index in [2.05, 4.69) is 12.1 Å². The van der Waals surface area contributed by atoms with Crippen LogP contribution in [0.3, 0.4) is 0 Å². The molecule has 4 N–H and O–H groups in total. The molecular formula is C15H14N2O. The summed E-state index contributed by atoms with van der Waals surface area (Å²) in [6, 6.07) is 13.9. The number of anilines is 2. The fourth-order valence-corrected chi connectivity index (χ4v) is 2.30. The van der Waals surface area contributed by atoms with Gasteiger partial charge in [-0.25, -0.2) is 0 Å². The fourth-order valence-electron chi connectivity index (χ4n) is 2.30. The molecule has 90 valence electrons. The molecule has 0 aliphatic rings. The van der Waals surface area contributed by atoms with E-state index in [9.17, 15) is 0 Å². The Morgan fingerprint density at radius 2 is 1.56 bits per heavy atom. The Hall–Kier alpha value is -2.42. The highest BCUT2D eigenvalue weighted by molar-refractivity contribution is 6.09. The molecule has 3 heteroatoms. The summed E-state index contributed by atoms with van der Waals surface area (Å²) in [6.07, 6.45) is 0. The van der Waals surface area contributed by atoms with Crippen LogP contribution in [0.2, 0.25) is 0 Å². The summed E-state index contributed by atoms with van der Waals surface area (Å²) >= 11 is 0. The Bertz CT molecular complexity index is 750. The van der Waals surface area contributed by atoms with Crippen molar-refractivity contribution in [2.45, 2.75) is 0 Å². The van der Waals surface area contributed by atoms with Crippen molar-refractivity contribution >= 4 is 32.9 Å². The van der Waals surface area contributed by atoms with Crippen LogP contribution in [0.4, 0.5) is 11.4 Å². The number of nitrogen functional groups attached to an aromatic ring is 2. The van der Waals surface area contributed by atoms with E-state index in [1.807, 2.05) is 30.3 Å². The summed E-state index contributed by atoms with van der Waals surface area (Å²) in [5.74, 6) is 0.706. The van der Waals surface area contributed by atoms with Crippen molar-refractivity contribution in [2.24, 2.45) is 0 Å². The first-order chi connectivity index (χ1) is 8.69. The van der Waals surface area contributed by atoms with Crippen LogP contribution in [0.15, 0.2) is 42.5 Å². The largest absolute Gasteiger partial charge is 0.495 e. The smallest absolute Gasteiger partial charge is 0.142 e. The highest BCUT2D eigenvalue weighted by atomic mass is 16.5. The fraction of sp³-hybridized carbons (Fsp3) is 0.0667. The Morgan fingerprint density at radius 1 is 0.833 bits per heavy atom. The first-order valence-electron chi connectivity index (χ1n) is 5.74. The normalized spacial score (nSPS) is 10.9. The minimum absolute atomic E-state index is 0.648. The average molecular weight is 238 g/mol. The third-order valence-corrected chi connectivity index (χ3v) is 3.21. The Kier molecular flexibility index (Phi) is 2.27. The number of methoxy groups -OCH3 is 1. The summed E-state index contributed by atoms with van der Waals surface area (Å²) in [5.41, 5.74) is 13.2. The average Bonchev–Trinajstić information content (AvgIpc) is 2.37. The third-order valence-electron chi connectivity index (χ3n) is 3.21. The Labute approximate surface area is 105 Å². The number of rotatable bonds is 1. The SMILES string of the molecule is COc1cc2ccc3cc(N)ccc3c2cc1N. The molecule has 3 rings (SSSR count). The summed E-state index contributed by atoms with van der Waals surface area (Å²) < 4.78 is 5.24. The van der Waals surface area contributed by atoms with Crippen molar-refractivity contribution < 1.29 is 4.74 Å². The Morgan fingerprint density at radius 3 is 2.28 bits per heavy atom. The van der Waals surface area contributed by atoms with Crippen LogP contribution in [-0.2, 0) is 0 Å². The lowest BCUT2D eigenvalue weighted by Gasteiger charge is -2.09. The molecule has 0 unspecified atom stereocenters. The molecule has 0 saturated carbocycles. The van der Waals surface area contributed by atoms with Crippen molar-refractivity contribution in [3.8, 4) is 5.75 Å². The zero-order valence-electron chi connectivity index (χ0n) is 10.1. The number of fused-ring (bicyclic) bond motifs is 3. The van der Waals surface area contributed by atoms with E-state index < -0.39 is 0 Å². The monoisotopic (exact) mass is 238 g/mol. The van der Waals surface area contributed by atoms with Crippen molar-refractivity contribution in [1.82, 2.24) is 0 Å². The van der Waals surface area contributed by atoms with Crippen LogP contribution >= 0.6 is 0 Å². The van der Waals surface area contributed by atoms with E-state index in [-0.39, 0.29) is 0 Å². The molecule has 0 fully saturated rings. The second kappa shape index (κ2) is 3.81. The van der Waals surface area contributed by atoms with E-state index in [0.717, 1.165) is 27.2 Å². The van der Waals surface area contributed by atoms with Gasteiger partial charge in [-0.1, -0.05) is 18.2 Å². The van der Waals surface area contributed by atoms with Gasteiger partial charge in [0, 0.05) is 5.69 Å². The molecule has 3 nitrogen and oxygen atoms in total. The predicted molar refractivity (Wildman–Crippen MR) is 76.8 cm³/mol. The van der Waals surface area contributed by atoms with Crippen LogP contribution in [0.1, 0.15) is 0 Å². The molecule has 0 aromatic heterocycles. The number of nitrogens with two attached hydrogens (primary N) is 2. The quantitative estimate of drug-likeness (QED) is 0.505. The molecule has 0 atom stereocenters. The Balaban J connectivity index is 2.43. The van der Waals surface area contributed by atoms with Gasteiger partial charge in [-0.3, -0.25) is 0 Å². The summed E-state index contributed by atoms with van der Waals surface area (Å²) in [4.78, 5) is 0. The second-order valence-electron chi connectivity index (χ2n) is 4.36. The molecule has 0 bridgehead atoms. The van der Waals surface area contributed by atoms with E-state index in [1.165, 1.54) is 0 Å². The van der Waals surface area contributed by atoms with Crippen molar-refractivity contribution in [2.75, 3.05) is 18.6 Å². The van der Waals surface area contributed by atoms with Crippen molar-refractivity contribution in [3.63, 3.8) is 0 Å². The summed E-state index contributed by atoms with van der Waals surface area (Å²) in [5, 5.41) is 4.49. The number of ether oxygens (including phenoxy) is 1. The van der Waals surface area contributed by atoms with Crippen molar-refractivity contribution in [3.05, 3.63) is 42.5 Å². The molecule has 0 aliphatic carbocycles. The molecule has 0 saturated heterocycles. The topological polar surface area (TPSA) is 61.3 Å². The zero-order valence-corrected chi connectivity index (χ0v) is 10.1. The van der Waals surface area contributed by atoms with Crippen LogP contribution in [0.5, 0.6) is 5.75 Å². The van der Waals surface area contributed by atoms with Gasteiger partial charge in [-0.15, -0.1) is 0 Å². The first kappa shape index (κ1) is 10.7. The van der Waals surface area contributed by atoms with E-state index in [0.29, 0.717) is 11.4 Å². The molecule has 3 aromatic carbocycles. The highest BCUT2D eigenvalue weighted by Gasteiger charge is 2.05. The first-order valence-corrected chi connectivity index (χ1v) is 5.74. The number of hydrogen-bond donors (Lipinski definition) is 2. The van der Waals surface area contributed by atoms with Gasteiger partial charge in [-0.05, 0) is 45.8 Å². The standard InChI is InChI=1S/C15H14N2O/c1-18-15-7-10-3-2-9-6-11(16)4-5-12(9)13(10)8-14(15)17/h2-8H,16-17H2,1H3. The van der Waals surface area contributed by atoms with Gasteiger partial charge >= 0.3 is 0 Å². The van der Waals surface area contributed by atoms with Gasteiger partial charge in [0.15, 0.2) is 0 Å². The predicted octanol–water partition coefficient (Wildman–Crippen LogP) is 3.17. The lowest BCUT2D eigenvalue weighted by Crippen LogP contribution is -1.92. The molecule has 0 radical (unpaired) electrons. The van der Waals surface area contributed by atoms with E-state index in [1.54, 1.807) is 7.11 Å². The van der Waals surface area contributed by atoms with Gasteiger partial charge in [0.05, 0.1) is 12.8 Å². The lowest BCUT2D eigenvalue weighted by molar-refractivity contribution is 0.417. The maximum absolute atomic E-state index is 5.97. The minimum atomic E-state index is 0.648. The molecule has 0 heterocycles. The van der Waals surface area contributed by atoms with E-state index >= 15 is 0 Å². The maximum Gasteiger partial charge on any atom is 0.142 e. The highest BCUT2D eigenvalue weighted by Crippen LogP contribution is 2.33. The van der Waals surface area contributed by atoms with E-state index in [4.69, 9.17) is 16.2 Å². The van der Waals surface area contributed by atoms with Crippen LogP contribution in [0, 0.1) is 0 Å². The molecule has 0 amide bonds. The van der Waals surface area contributed by atoms with Gasteiger partial charge in [-0.2, -0.15) is 0 Å². The van der Waals surface area contributed by atoms with Crippen molar-refractivity contribution in [1.29, 1.82) is 0 Å². The molecule has 0 spiro atoms. The third kappa shape index (κ3) is 1.52. The van der Waals surface area contributed by atoms with Crippen LogP contribution in [-0.4, -0.2) is 7.11 Å². The summed E-state index contributed by atoms with van der Waals surface area (Å²) in [6.45, 7) is 0. The molecule has 3 aromatic rings. The zero-order chi connectivity index (χ0) is 12.7. The molecular weight excluding hydrogens is 224 g/mol. The van der Waals surface area contributed by atoms with Crippen LogP contribution < -0.4 is 16.2 Å². The van der Waals surface area contributed by atoms with Gasteiger partial charge in [0.2, 0.25) is 0 Å². The maximum atomic E-state index is 5.97. The van der Waals surface area contributed by atoms with Gasteiger partial charge < -0.3 is 16.2 Å². The number of hydrogen-bond acceptors (Lipinski definition) is 3. The lowest BCUT2D eigenvalue weighted by atomic mass is 10.0. The minimum Gasteiger partial charge on any atom is -0.495 e. The molecule has 0 aliphatic heterocycles.